The van der Waals surface area contributed by atoms with Gasteiger partial charge in [0.1, 0.15) is 0 Å². The van der Waals surface area contributed by atoms with Crippen LogP contribution in [0, 0.1) is 6.92 Å². The number of aryl methyl sites for hydroxylation is 1. The third kappa shape index (κ3) is 5.14. The van der Waals surface area contributed by atoms with Crippen LogP contribution < -0.4 is 0 Å². The number of benzene rings is 1. The van der Waals surface area contributed by atoms with Crippen LogP contribution >= 0.6 is 0 Å². The molecule has 0 spiro atoms. The zero-order valence-electron chi connectivity index (χ0n) is 26.6. The van der Waals surface area contributed by atoms with Crippen molar-refractivity contribution in [2.75, 3.05) is 0 Å². The first kappa shape index (κ1) is 28.5. The van der Waals surface area contributed by atoms with Crippen LogP contribution in [0.3, 0.4) is 0 Å². The van der Waals surface area contributed by atoms with Crippen molar-refractivity contribution in [3.8, 4) is 44.5 Å². The zero-order valence-corrected chi connectivity index (χ0v) is 26.6. The molecule has 0 atom stereocenters. The summed E-state index contributed by atoms with van der Waals surface area (Å²) < 4.78 is 0. The summed E-state index contributed by atoms with van der Waals surface area (Å²) in [5.74, 6) is 0. The molecule has 0 fully saturated rings. The summed E-state index contributed by atoms with van der Waals surface area (Å²) in [4.78, 5) is 31.1. The van der Waals surface area contributed by atoms with Gasteiger partial charge in [-0.05, 0) is 114 Å². The van der Waals surface area contributed by atoms with Gasteiger partial charge in [-0.3, -0.25) is 15.0 Å². The van der Waals surface area contributed by atoms with Crippen LogP contribution in [0.2, 0.25) is 0 Å². The highest BCUT2D eigenvalue weighted by Gasteiger charge is 2.18. The van der Waals surface area contributed by atoms with Gasteiger partial charge >= 0.3 is 0 Å². The van der Waals surface area contributed by atoms with E-state index in [1.165, 1.54) is 5.56 Å². The number of aromatic nitrogens is 7. The molecule has 7 aromatic rings. The second kappa shape index (κ2) is 11.8. The largest absolute Gasteiger partial charge is 0.354 e. The van der Waals surface area contributed by atoms with Gasteiger partial charge in [-0.2, -0.15) is 0 Å². The molecule has 2 aliphatic heterocycles. The number of nitrogens with zero attached hydrogens (tertiary/aromatic N) is 5. The molecule has 49 heavy (non-hydrogen) atoms. The van der Waals surface area contributed by atoms with E-state index in [1.807, 2.05) is 73.6 Å². The van der Waals surface area contributed by atoms with Crippen molar-refractivity contribution in [1.82, 2.24) is 34.9 Å². The van der Waals surface area contributed by atoms with Crippen molar-refractivity contribution in [3.63, 3.8) is 0 Å². The first-order chi connectivity index (χ1) is 24.2. The van der Waals surface area contributed by atoms with Crippen LogP contribution in [-0.4, -0.2) is 34.9 Å². The van der Waals surface area contributed by atoms with Crippen LogP contribution in [0.5, 0.6) is 0 Å². The molecule has 2 aliphatic rings. The van der Waals surface area contributed by atoms with E-state index in [9.17, 15) is 0 Å². The van der Waals surface area contributed by atoms with Crippen LogP contribution in [0.1, 0.15) is 28.3 Å². The van der Waals surface area contributed by atoms with Gasteiger partial charge < -0.3 is 9.97 Å². The predicted octanol–water partition coefficient (Wildman–Crippen LogP) is 9.82. The Morgan fingerprint density at radius 3 is 0.939 bits per heavy atom. The summed E-state index contributed by atoms with van der Waals surface area (Å²) in [6.45, 7) is 2.11. The van der Waals surface area contributed by atoms with Crippen molar-refractivity contribution >= 4 is 46.4 Å². The van der Waals surface area contributed by atoms with E-state index in [0.717, 1.165) is 89.4 Å². The molecule has 6 aromatic heterocycles. The van der Waals surface area contributed by atoms with Crippen molar-refractivity contribution in [2.24, 2.45) is 0 Å². The lowest BCUT2D eigenvalue weighted by molar-refractivity contribution is 1.29. The predicted molar refractivity (Wildman–Crippen MR) is 199 cm³/mol. The molecule has 0 saturated carbocycles. The zero-order chi connectivity index (χ0) is 32.7. The average Bonchev–Trinajstić information content (AvgIpc) is 3.98. The summed E-state index contributed by atoms with van der Waals surface area (Å²) in [5, 5.41) is 0. The molecule has 2 N–H and O–H groups in total. The van der Waals surface area contributed by atoms with Crippen molar-refractivity contribution < 1.29 is 0 Å². The fraction of sp³-hybridized carbons (Fsp3) is 0.0238. The number of H-pyrrole nitrogens is 2. The highest BCUT2D eigenvalue weighted by atomic mass is 14.8. The van der Waals surface area contributed by atoms with Crippen LogP contribution in [-0.2, 0) is 0 Å². The summed E-state index contributed by atoms with van der Waals surface area (Å²) in [6.07, 6.45) is 19.3. The van der Waals surface area contributed by atoms with E-state index in [2.05, 4.69) is 105 Å². The Morgan fingerprint density at radius 2 is 0.633 bits per heavy atom. The molecule has 0 unspecified atom stereocenters. The summed E-state index contributed by atoms with van der Waals surface area (Å²) in [6, 6.07) is 29.3. The van der Waals surface area contributed by atoms with Gasteiger partial charge in [0, 0.05) is 81.5 Å². The van der Waals surface area contributed by atoms with Crippen LogP contribution in [0.4, 0.5) is 0 Å². The Kier molecular flexibility index (Phi) is 6.87. The minimum Gasteiger partial charge on any atom is -0.354 e. The smallest absolute Gasteiger partial charge is 0.0737 e. The number of aromatic amines is 2. The van der Waals surface area contributed by atoms with Gasteiger partial charge in [-0.15, -0.1) is 0 Å². The van der Waals surface area contributed by atoms with Gasteiger partial charge in [0.15, 0.2) is 0 Å². The molecule has 0 radical (unpaired) electrons. The quantitative estimate of drug-likeness (QED) is 0.202. The Bertz CT molecular complexity index is 2540. The molecular formula is C42H29N7. The number of fused-ring (bicyclic) bond motifs is 8. The van der Waals surface area contributed by atoms with Gasteiger partial charge in [0.25, 0.3) is 0 Å². The van der Waals surface area contributed by atoms with E-state index in [4.69, 9.17) is 9.97 Å². The molecule has 0 saturated heterocycles. The minimum atomic E-state index is 0.853. The average molecular weight is 632 g/mol. The fourth-order valence-electron chi connectivity index (χ4n) is 6.70. The minimum absolute atomic E-state index is 0.853. The van der Waals surface area contributed by atoms with Crippen molar-refractivity contribution in [3.05, 3.63) is 150 Å². The number of nitrogens with one attached hydrogen (secondary N) is 2. The molecule has 0 amide bonds. The number of rotatable bonds is 4. The third-order valence-corrected chi connectivity index (χ3v) is 9.00. The molecule has 8 bridgehead atoms. The molecule has 9 rings (SSSR count). The maximum Gasteiger partial charge on any atom is 0.0737 e. The lowest BCUT2D eigenvalue weighted by Gasteiger charge is -2.07. The normalized spacial score (nSPS) is 12.0. The Morgan fingerprint density at radius 1 is 0.347 bits per heavy atom. The third-order valence-electron chi connectivity index (χ3n) is 9.00. The van der Waals surface area contributed by atoms with Gasteiger partial charge in [-0.1, -0.05) is 29.8 Å². The maximum atomic E-state index is 5.33. The molecule has 8 heterocycles. The van der Waals surface area contributed by atoms with Crippen molar-refractivity contribution in [1.29, 1.82) is 0 Å². The maximum absolute atomic E-state index is 5.33. The topological polar surface area (TPSA) is 96.0 Å². The number of hydrogen-bond donors (Lipinski definition) is 2. The van der Waals surface area contributed by atoms with Crippen molar-refractivity contribution in [2.45, 2.75) is 6.92 Å². The highest BCUT2D eigenvalue weighted by Crippen LogP contribution is 2.38. The monoisotopic (exact) mass is 631 g/mol. The summed E-state index contributed by atoms with van der Waals surface area (Å²) >= 11 is 0. The van der Waals surface area contributed by atoms with E-state index in [0.29, 0.717) is 0 Å². The molecular weight excluding hydrogens is 603 g/mol. The second-order valence-electron chi connectivity index (χ2n) is 12.1. The Balaban J connectivity index is 1.48. The summed E-state index contributed by atoms with van der Waals surface area (Å²) in [5.41, 5.74) is 16.5. The number of hydrogen-bond acceptors (Lipinski definition) is 5. The van der Waals surface area contributed by atoms with Gasteiger partial charge in [-0.25, -0.2) is 9.97 Å². The first-order valence-corrected chi connectivity index (χ1v) is 16.1. The van der Waals surface area contributed by atoms with Gasteiger partial charge in [0.2, 0.25) is 0 Å². The molecule has 0 aliphatic carbocycles. The Hall–Kier alpha value is -6.73. The van der Waals surface area contributed by atoms with E-state index in [-0.39, 0.29) is 0 Å². The SMILES string of the molecule is Cc1ccc(-c2c3nc(c(-c4ccncc4)c4ccc([nH]4)c(-c4ccncc4)c4nc(c(-c5ccncc5)c5ccc2[nH]5)C=C4)C=C3)cc1. The van der Waals surface area contributed by atoms with E-state index in [1.54, 1.807) is 0 Å². The van der Waals surface area contributed by atoms with E-state index >= 15 is 0 Å². The standard InChI is InChI=1S/C42H29N7/c1-26-2-4-27(5-3-26)39-31-6-8-33(46-31)40(28-14-20-43-21-15-28)35-10-12-37(48-35)42(30-18-24-45-25-19-30)38-13-11-36(49-38)41(29-16-22-44-23-17-29)34-9-7-32(39)47-34/h2-25,46,49H,1H3. The van der Waals surface area contributed by atoms with E-state index < -0.39 is 0 Å². The first-order valence-electron chi connectivity index (χ1n) is 16.1. The lowest BCUT2D eigenvalue weighted by Crippen LogP contribution is -1.90. The van der Waals surface area contributed by atoms with Crippen LogP contribution in [0.15, 0.2) is 122 Å². The molecule has 1 aromatic carbocycles. The lowest BCUT2D eigenvalue weighted by atomic mass is 10.0. The Labute approximate surface area is 282 Å². The van der Waals surface area contributed by atoms with Crippen LogP contribution in [0.25, 0.3) is 90.9 Å². The van der Waals surface area contributed by atoms with Gasteiger partial charge in [0.05, 0.1) is 22.8 Å². The number of pyridine rings is 3. The second-order valence-corrected chi connectivity index (χ2v) is 12.1. The highest BCUT2D eigenvalue weighted by molar-refractivity contribution is 5.99. The molecule has 7 heteroatoms. The summed E-state index contributed by atoms with van der Waals surface area (Å²) in [7, 11) is 0. The molecule has 7 nitrogen and oxygen atoms in total. The molecule has 232 valence electrons. The fourth-order valence-corrected chi connectivity index (χ4v) is 6.70.